The first-order valence-electron chi connectivity index (χ1n) is 5.50. The minimum atomic E-state index is -1.01. The lowest BCUT2D eigenvalue weighted by molar-refractivity contribution is 0.0697. The van der Waals surface area contributed by atoms with Crippen LogP contribution >= 0.6 is 11.6 Å². The zero-order valence-corrected chi connectivity index (χ0v) is 10.4. The highest BCUT2D eigenvalue weighted by molar-refractivity contribution is 6.30. The Labute approximate surface area is 113 Å². The maximum absolute atomic E-state index is 11.2. The SMILES string of the molecule is O=C(O)c1ccccc1-c1nc2cc(Cl)ccn2n1. The molecular formula is C13H8ClN3O2. The fourth-order valence-electron chi connectivity index (χ4n) is 1.84. The molecule has 3 aromatic rings. The van der Waals surface area contributed by atoms with Crippen LogP contribution in [0.4, 0.5) is 0 Å². The molecule has 0 aliphatic rings. The predicted octanol–water partition coefficient (Wildman–Crippen LogP) is 2.75. The number of hydrogen-bond acceptors (Lipinski definition) is 3. The number of aromatic nitrogens is 3. The van der Waals surface area contributed by atoms with Gasteiger partial charge in [0.1, 0.15) is 0 Å². The molecule has 0 atom stereocenters. The number of rotatable bonds is 2. The van der Waals surface area contributed by atoms with E-state index in [1.165, 1.54) is 6.07 Å². The first-order valence-corrected chi connectivity index (χ1v) is 5.87. The lowest BCUT2D eigenvalue weighted by Gasteiger charge is -2.00. The standard InChI is InChI=1S/C13H8ClN3O2/c14-8-5-6-17-11(7-8)15-12(16-17)9-3-1-2-4-10(9)13(18)19/h1-7H,(H,18,19). The smallest absolute Gasteiger partial charge is 0.336 e. The molecule has 6 heteroatoms. The number of carboxylic acids is 1. The average molecular weight is 274 g/mol. The van der Waals surface area contributed by atoms with Gasteiger partial charge in [-0.15, -0.1) is 5.10 Å². The molecule has 2 aromatic heterocycles. The maximum Gasteiger partial charge on any atom is 0.336 e. The largest absolute Gasteiger partial charge is 0.478 e. The molecule has 0 aliphatic heterocycles. The molecule has 0 saturated carbocycles. The lowest BCUT2D eigenvalue weighted by atomic mass is 10.1. The van der Waals surface area contributed by atoms with Crippen LogP contribution in [0.25, 0.3) is 17.0 Å². The van der Waals surface area contributed by atoms with Gasteiger partial charge in [0, 0.05) is 22.8 Å². The van der Waals surface area contributed by atoms with Gasteiger partial charge in [-0.3, -0.25) is 0 Å². The number of fused-ring (bicyclic) bond motifs is 1. The van der Waals surface area contributed by atoms with E-state index >= 15 is 0 Å². The topological polar surface area (TPSA) is 67.5 Å². The Bertz CT molecular complexity index is 782. The highest BCUT2D eigenvalue weighted by Crippen LogP contribution is 2.22. The van der Waals surface area contributed by atoms with Gasteiger partial charge in [-0.1, -0.05) is 29.8 Å². The minimum absolute atomic E-state index is 0.171. The molecule has 0 aliphatic carbocycles. The summed E-state index contributed by atoms with van der Waals surface area (Å²) in [5, 5.41) is 14.0. The van der Waals surface area contributed by atoms with Crippen molar-refractivity contribution in [2.45, 2.75) is 0 Å². The first-order chi connectivity index (χ1) is 9.15. The van der Waals surface area contributed by atoms with Crippen LogP contribution in [0.5, 0.6) is 0 Å². The molecular weight excluding hydrogens is 266 g/mol. The third-order valence-electron chi connectivity index (χ3n) is 2.70. The lowest BCUT2D eigenvalue weighted by Crippen LogP contribution is -1.99. The molecule has 1 aromatic carbocycles. The number of pyridine rings is 1. The minimum Gasteiger partial charge on any atom is -0.478 e. The van der Waals surface area contributed by atoms with E-state index in [9.17, 15) is 4.79 Å². The number of aromatic carboxylic acids is 1. The zero-order chi connectivity index (χ0) is 13.4. The van der Waals surface area contributed by atoms with Crippen molar-refractivity contribution in [3.05, 3.63) is 53.2 Å². The van der Waals surface area contributed by atoms with E-state index in [2.05, 4.69) is 10.1 Å². The van der Waals surface area contributed by atoms with Gasteiger partial charge in [0.25, 0.3) is 0 Å². The van der Waals surface area contributed by atoms with E-state index in [-0.39, 0.29) is 5.56 Å². The summed E-state index contributed by atoms with van der Waals surface area (Å²) in [6.45, 7) is 0. The quantitative estimate of drug-likeness (QED) is 0.779. The molecule has 0 radical (unpaired) electrons. The third-order valence-corrected chi connectivity index (χ3v) is 2.93. The summed E-state index contributed by atoms with van der Waals surface area (Å²) in [6, 6.07) is 9.98. The van der Waals surface area contributed by atoms with Crippen LogP contribution in [0.3, 0.4) is 0 Å². The van der Waals surface area contributed by atoms with E-state index in [0.717, 1.165) is 0 Å². The Morgan fingerprint density at radius 3 is 2.84 bits per heavy atom. The van der Waals surface area contributed by atoms with Gasteiger partial charge >= 0.3 is 5.97 Å². The second-order valence-electron chi connectivity index (χ2n) is 3.93. The number of carbonyl (C=O) groups is 1. The summed E-state index contributed by atoms with van der Waals surface area (Å²) in [5.74, 6) is -0.646. The number of benzene rings is 1. The molecule has 5 nitrogen and oxygen atoms in total. The van der Waals surface area contributed by atoms with Gasteiger partial charge in [-0.05, 0) is 12.1 Å². The van der Waals surface area contributed by atoms with Gasteiger partial charge in [0.15, 0.2) is 11.5 Å². The summed E-state index contributed by atoms with van der Waals surface area (Å²) in [4.78, 5) is 15.5. The average Bonchev–Trinajstić information content (AvgIpc) is 2.81. The summed E-state index contributed by atoms with van der Waals surface area (Å²) in [7, 11) is 0. The molecule has 0 saturated heterocycles. The van der Waals surface area contributed by atoms with Crippen molar-refractivity contribution >= 4 is 23.2 Å². The van der Waals surface area contributed by atoms with Crippen LogP contribution in [-0.4, -0.2) is 25.7 Å². The van der Waals surface area contributed by atoms with Crippen LogP contribution in [0.1, 0.15) is 10.4 Å². The van der Waals surface area contributed by atoms with Crippen molar-refractivity contribution in [2.75, 3.05) is 0 Å². The van der Waals surface area contributed by atoms with Gasteiger partial charge in [0.2, 0.25) is 0 Å². The van der Waals surface area contributed by atoms with Crippen LogP contribution < -0.4 is 0 Å². The normalized spacial score (nSPS) is 10.8. The van der Waals surface area contributed by atoms with Crippen molar-refractivity contribution in [1.82, 2.24) is 14.6 Å². The summed E-state index contributed by atoms with van der Waals surface area (Å²) in [6.07, 6.45) is 1.68. The number of halogens is 1. The second-order valence-corrected chi connectivity index (χ2v) is 4.37. The molecule has 0 spiro atoms. The molecule has 3 rings (SSSR count). The molecule has 1 N–H and O–H groups in total. The third kappa shape index (κ3) is 2.04. The van der Waals surface area contributed by atoms with Crippen molar-refractivity contribution < 1.29 is 9.90 Å². The van der Waals surface area contributed by atoms with Crippen LogP contribution in [0.15, 0.2) is 42.6 Å². The van der Waals surface area contributed by atoms with E-state index in [1.54, 1.807) is 41.0 Å². The van der Waals surface area contributed by atoms with E-state index in [0.29, 0.717) is 22.1 Å². The molecule has 0 unspecified atom stereocenters. The van der Waals surface area contributed by atoms with Gasteiger partial charge in [0.05, 0.1) is 5.56 Å². The van der Waals surface area contributed by atoms with Crippen molar-refractivity contribution in [2.24, 2.45) is 0 Å². The van der Waals surface area contributed by atoms with Crippen molar-refractivity contribution in [3.8, 4) is 11.4 Å². The Morgan fingerprint density at radius 1 is 1.26 bits per heavy atom. The Hall–Kier alpha value is -2.40. The highest BCUT2D eigenvalue weighted by atomic mass is 35.5. The molecule has 2 heterocycles. The monoisotopic (exact) mass is 273 g/mol. The Kier molecular flexibility index (Phi) is 2.68. The number of hydrogen-bond donors (Lipinski definition) is 1. The van der Waals surface area contributed by atoms with Crippen molar-refractivity contribution in [1.29, 1.82) is 0 Å². The number of nitrogens with zero attached hydrogens (tertiary/aromatic N) is 3. The molecule has 0 bridgehead atoms. The van der Waals surface area contributed by atoms with E-state index in [4.69, 9.17) is 16.7 Å². The Morgan fingerprint density at radius 2 is 2.05 bits per heavy atom. The van der Waals surface area contributed by atoms with E-state index < -0.39 is 5.97 Å². The fourth-order valence-corrected chi connectivity index (χ4v) is 1.99. The second kappa shape index (κ2) is 4.37. The highest BCUT2D eigenvalue weighted by Gasteiger charge is 2.14. The zero-order valence-electron chi connectivity index (χ0n) is 9.62. The first kappa shape index (κ1) is 11.7. The molecule has 0 fully saturated rings. The summed E-state index contributed by atoms with van der Waals surface area (Å²) >= 11 is 5.88. The summed E-state index contributed by atoms with van der Waals surface area (Å²) < 4.78 is 1.56. The van der Waals surface area contributed by atoms with Crippen LogP contribution in [0.2, 0.25) is 5.02 Å². The van der Waals surface area contributed by atoms with Gasteiger partial charge in [-0.2, -0.15) is 0 Å². The van der Waals surface area contributed by atoms with E-state index in [1.807, 2.05) is 0 Å². The van der Waals surface area contributed by atoms with Gasteiger partial charge in [-0.25, -0.2) is 14.3 Å². The fraction of sp³-hybridized carbons (Fsp3) is 0. The van der Waals surface area contributed by atoms with Crippen LogP contribution in [0, 0.1) is 0 Å². The predicted molar refractivity (Wildman–Crippen MR) is 70.4 cm³/mol. The van der Waals surface area contributed by atoms with Gasteiger partial charge < -0.3 is 5.11 Å². The molecule has 19 heavy (non-hydrogen) atoms. The molecule has 0 amide bonds. The van der Waals surface area contributed by atoms with Crippen molar-refractivity contribution in [3.63, 3.8) is 0 Å². The molecule has 94 valence electrons. The maximum atomic E-state index is 11.2. The number of carboxylic acid groups (broad SMARTS) is 1. The van der Waals surface area contributed by atoms with Crippen LogP contribution in [-0.2, 0) is 0 Å². The summed E-state index contributed by atoms with van der Waals surface area (Å²) in [5.41, 5.74) is 1.22. The Balaban J connectivity index is 2.22.